The van der Waals surface area contributed by atoms with Crippen LogP contribution in [0.1, 0.15) is 42.6 Å². The number of unbranched alkanes of at least 4 members (excludes halogenated alkanes) is 1. The van der Waals surface area contributed by atoms with Crippen LogP contribution in [0.15, 0.2) is 42.5 Å². The summed E-state index contributed by atoms with van der Waals surface area (Å²) in [5, 5.41) is 2.92. The van der Waals surface area contributed by atoms with Crippen molar-refractivity contribution in [2.45, 2.75) is 33.2 Å². The average Bonchev–Trinajstić information content (AvgIpc) is 2.67. The van der Waals surface area contributed by atoms with Crippen molar-refractivity contribution in [3.05, 3.63) is 53.6 Å². The Bertz CT molecular complexity index is 715. The predicted octanol–water partition coefficient (Wildman–Crippen LogP) is 4.20. The van der Waals surface area contributed by atoms with Crippen molar-refractivity contribution < 1.29 is 19.0 Å². The number of ether oxygens (including phenoxy) is 3. The van der Waals surface area contributed by atoms with Crippen molar-refractivity contribution >= 4 is 5.91 Å². The van der Waals surface area contributed by atoms with Gasteiger partial charge in [-0.3, -0.25) is 4.79 Å². The van der Waals surface area contributed by atoms with Crippen molar-refractivity contribution in [3.8, 4) is 17.2 Å². The van der Waals surface area contributed by atoms with Crippen LogP contribution in [-0.2, 0) is 6.54 Å². The molecule has 2 rings (SSSR count). The van der Waals surface area contributed by atoms with Gasteiger partial charge in [-0.15, -0.1) is 0 Å². The maximum Gasteiger partial charge on any atom is 0.255 e. The van der Waals surface area contributed by atoms with Crippen molar-refractivity contribution in [1.82, 2.24) is 5.32 Å². The highest BCUT2D eigenvalue weighted by molar-refractivity contribution is 5.96. The summed E-state index contributed by atoms with van der Waals surface area (Å²) in [6, 6.07) is 12.9. The van der Waals surface area contributed by atoms with E-state index in [1.54, 1.807) is 19.2 Å². The molecule has 0 radical (unpaired) electrons. The molecule has 5 nitrogen and oxygen atoms in total. The van der Waals surface area contributed by atoms with Gasteiger partial charge >= 0.3 is 0 Å². The number of rotatable bonds is 10. The fraction of sp³-hybridized carbons (Fsp3) is 0.381. The molecule has 0 heterocycles. The van der Waals surface area contributed by atoms with Gasteiger partial charge in [-0.1, -0.05) is 31.5 Å². The number of para-hydroxylation sites is 1. The molecule has 0 aliphatic rings. The second-order valence-electron chi connectivity index (χ2n) is 5.80. The number of benzene rings is 2. The van der Waals surface area contributed by atoms with E-state index < -0.39 is 0 Å². The molecule has 0 saturated heterocycles. The molecule has 0 fully saturated rings. The minimum absolute atomic E-state index is 0.170. The second-order valence-corrected chi connectivity index (χ2v) is 5.80. The highest BCUT2D eigenvalue weighted by Crippen LogP contribution is 2.28. The fourth-order valence-corrected chi connectivity index (χ4v) is 2.48. The van der Waals surface area contributed by atoms with Gasteiger partial charge in [0.15, 0.2) is 11.5 Å². The molecular weight excluding hydrogens is 330 g/mol. The molecule has 0 aliphatic carbocycles. The Morgan fingerprint density at radius 1 is 1.00 bits per heavy atom. The molecule has 26 heavy (non-hydrogen) atoms. The topological polar surface area (TPSA) is 56.8 Å². The summed E-state index contributed by atoms with van der Waals surface area (Å²) in [4.78, 5) is 12.5. The molecule has 0 spiro atoms. The third-order valence-electron chi connectivity index (χ3n) is 3.87. The van der Waals surface area contributed by atoms with E-state index in [1.165, 1.54) is 0 Å². The Kier molecular flexibility index (Phi) is 7.80. The third-order valence-corrected chi connectivity index (χ3v) is 3.87. The Hall–Kier alpha value is -2.69. The van der Waals surface area contributed by atoms with Gasteiger partial charge in [0.2, 0.25) is 0 Å². The van der Waals surface area contributed by atoms with E-state index in [4.69, 9.17) is 14.2 Å². The second kappa shape index (κ2) is 10.3. The molecular formula is C21H27NO4. The van der Waals surface area contributed by atoms with Gasteiger partial charge in [0.05, 0.1) is 25.9 Å². The summed E-state index contributed by atoms with van der Waals surface area (Å²) >= 11 is 0. The minimum atomic E-state index is -0.170. The van der Waals surface area contributed by atoms with Gasteiger partial charge in [0, 0.05) is 6.54 Å². The van der Waals surface area contributed by atoms with E-state index in [0.29, 0.717) is 36.8 Å². The molecule has 0 unspecified atom stereocenters. The number of hydrogen-bond donors (Lipinski definition) is 1. The van der Waals surface area contributed by atoms with Crippen LogP contribution in [0.2, 0.25) is 0 Å². The van der Waals surface area contributed by atoms with Crippen LogP contribution < -0.4 is 19.5 Å². The number of methoxy groups -OCH3 is 1. The van der Waals surface area contributed by atoms with Gasteiger partial charge in [0.25, 0.3) is 5.91 Å². The molecule has 2 aromatic rings. The summed E-state index contributed by atoms with van der Waals surface area (Å²) in [5.74, 6) is 1.81. The number of carbonyl (C=O) groups is 1. The van der Waals surface area contributed by atoms with E-state index >= 15 is 0 Å². The zero-order valence-electron chi connectivity index (χ0n) is 15.7. The van der Waals surface area contributed by atoms with Gasteiger partial charge in [-0.2, -0.15) is 0 Å². The first kappa shape index (κ1) is 19.6. The molecule has 5 heteroatoms. The first-order chi connectivity index (χ1) is 12.7. The summed E-state index contributed by atoms with van der Waals surface area (Å²) in [5.41, 5.74) is 1.47. The zero-order chi connectivity index (χ0) is 18.8. The standard InChI is InChI=1S/C21H27NO4/c1-4-6-13-26-19-12-11-16(14-20(19)24-3)15-22-21(23)17-9-7-8-10-18(17)25-5-2/h7-12,14H,4-6,13,15H2,1-3H3,(H,22,23). The van der Waals surface area contributed by atoms with Gasteiger partial charge < -0.3 is 19.5 Å². The monoisotopic (exact) mass is 357 g/mol. The first-order valence-electron chi connectivity index (χ1n) is 8.99. The van der Waals surface area contributed by atoms with Crippen molar-refractivity contribution in [1.29, 1.82) is 0 Å². The maximum absolute atomic E-state index is 12.5. The molecule has 1 amide bonds. The van der Waals surface area contributed by atoms with Crippen LogP contribution in [-0.4, -0.2) is 26.2 Å². The zero-order valence-corrected chi connectivity index (χ0v) is 15.7. The Labute approximate surface area is 155 Å². The fourth-order valence-electron chi connectivity index (χ4n) is 2.48. The summed E-state index contributed by atoms with van der Waals surface area (Å²) in [7, 11) is 1.61. The number of carbonyl (C=O) groups excluding carboxylic acids is 1. The number of hydrogen-bond acceptors (Lipinski definition) is 4. The quantitative estimate of drug-likeness (QED) is 0.648. The van der Waals surface area contributed by atoms with E-state index in [2.05, 4.69) is 12.2 Å². The average molecular weight is 357 g/mol. The SMILES string of the molecule is CCCCOc1ccc(CNC(=O)c2ccccc2OCC)cc1OC. The Morgan fingerprint density at radius 3 is 2.54 bits per heavy atom. The lowest BCUT2D eigenvalue weighted by atomic mass is 10.1. The third kappa shape index (κ3) is 5.41. The van der Waals surface area contributed by atoms with Crippen molar-refractivity contribution in [2.24, 2.45) is 0 Å². The molecule has 0 aromatic heterocycles. The lowest BCUT2D eigenvalue weighted by Crippen LogP contribution is -2.23. The van der Waals surface area contributed by atoms with Crippen LogP contribution in [0.4, 0.5) is 0 Å². The Morgan fingerprint density at radius 2 is 1.81 bits per heavy atom. The van der Waals surface area contributed by atoms with Gasteiger partial charge in [-0.25, -0.2) is 0 Å². The van der Waals surface area contributed by atoms with E-state index in [9.17, 15) is 4.79 Å². The van der Waals surface area contributed by atoms with E-state index in [-0.39, 0.29) is 5.91 Å². The molecule has 0 bridgehead atoms. The highest BCUT2D eigenvalue weighted by atomic mass is 16.5. The summed E-state index contributed by atoms with van der Waals surface area (Å²) < 4.78 is 16.6. The molecule has 140 valence electrons. The normalized spacial score (nSPS) is 10.3. The van der Waals surface area contributed by atoms with Crippen LogP contribution >= 0.6 is 0 Å². The van der Waals surface area contributed by atoms with Crippen LogP contribution in [0.3, 0.4) is 0 Å². The van der Waals surface area contributed by atoms with Crippen LogP contribution in [0.25, 0.3) is 0 Å². The lowest BCUT2D eigenvalue weighted by molar-refractivity contribution is 0.0947. The van der Waals surface area contributed by atoms with Crippen molar-refractivity contribution in [3.63, 3.8) is 0 Å². The highest BCUT2D eigenvalue weighted by Gasteiger charge is 2.12. The molecule has 0 saturated carbocycles. The number of nitrogens with one attached hydrogen (secondary N) is 1. The maximum atomic E-state index is 12.5. The summed E-state index contributed by atoms with van der Waals surface area (Å²) in [6.07, 6.45) is 2.08. The molecule has 2 aromatic carbocycles. The van der Waals surface area contributed by atoms with Crippen LogP contribution in [0.5, 0.6) is 17.2 Å². The predicted molar refractivity (Wildman–Crippen MR) is 102 cm³/mol. The molecule has 0 aliphatic heterocycles. The minimum Gasteiger partial charge on any atom is -0.493 e. The van der Waals surface area contributed by atoms with Gasteiger partial charge in [-0.05, 0) is 43.2 Å². The van der Waals surface area contributed by atoms with Crippen LogP contribution in [0, 0.1) is 0 Å². The van der Waals surface area contributed by atoms with E-state index in [1.807, 2.05) is 37.3 Å². The lowest BCUT2D eigenvalue weighted by Gasteiger charge is -2.13. The van der Waals surface area contributed by atoms with Gasteiger partial charge in [0.1, 0.15) is 5.75 Å². The Balaban J connectivity index is 2.01. The first-order valence-corrected chi connectivity index (χ1v) is 8.99. The summed E-state index contributed by atoms with van der Waals surface area (Å²) in [6.45, 7) is 5.59. The van der Waals surface area contributed by atoms with Crippen molar-refractivity contribution in [2.75, 3.05) is 20.3 Å². The smallest absolute Gasteiger partial charge is 0.255 e. The van der Waals surface area contributed by atoms with E-state index in [0.717, 1.165) is 24.2 Å². The largest absolute Gasteiger partial charge is 0.493 e. The molecule has 1 N–H and O–H groups in total. The number of amides is 1. The molecule has 0 atom stereocenters.